The van der Waals surface area contributed by atoms with Crippen molar-refractivity contribution in [3.8, 4) is 0 Å². The van der Waals surface area contributed by atoms with Crippen LogP contribution in [-0.2, 0) is 13.6 Å². The number of carbonyl (C=O) groups is 1. The Morgan fingerprint density at radius 1 is 1.44 bits per heavy atom. The van der Waals surface area contributed by atoms with Gasteiger partial charge < -0.3 is 13.9 Å². The van der Waals surface area contributed by atoms with E-state index in [1.165, 1.54) is 6.42 Å². The number of hydrogen-bond acceptors (Lipinski definition) is 4. The van der Waals surface area contributed by atoms with E-state index in [1.807, 2.05) is 37.7 Å². The fourth-order valence-corrected chi connectivity index (χ4v) is 3.18. The molecule has 2 aromatic rings. The average molecular weight is 343 g/mol. The van der Waals surface area contributed by atoms with Gasteiger partial charge in [0.1, 0.15) is 17.1 Å². The summed E-state index contributed by atoms with van der Waals surface area (Å²) < 4.78 is 7.36. The van der Waals surface area contributed by atoms with Gasteiger partial charge in [0.25, 0.3) is 5.91 Å². The van der Waals surface area contributed by atoms with Crippen molar-refractivity contribution in [1.82, 2.24) is 14.5 Å². The Balaban J connectivity index is 1.88. The minimum absolute atomic E-state index is 0.144. The Labute approximate surface area is 147 Å². The lowest BCUT2D eigenvalue weighted by atomic mass is 9.83. The molecular formula is C19H25N3O3. The molecule has 25 heavy (non-hydrogen) atoms. The molecule has 6 heteroatoms. The highest BCUT2D eigenvalue weighted by atomic mass is 16.4. The van der Waals surface area contributed by atoms with Gasteiger partial charge in [-0.1, -0.05) is 13.3 Å². The zero-order valence-corrected chi connectivity index (χ0v) is 15.1. The highest BCUT2D eigenvalue weighted by Gasteiger charge is 2.27. The second-order valence-corrected chi connectivity index (χ2v) is 6.80. The summed E-state index contributed by atoms with van der Waals surface area (Å²) in [5.74, 6) is 1.55. The van der Waals surface area contributed by atoms with Crippen LogP contribution < -0.4 is 5.63 Å². The minimum Gasteiger partial charge on any atom is -0.427 e. The molecule has 0 aliphatic heterocycles. The van der Waals surface area contributed by atoms with Crippen LogP contribution in [0.4, 0.5) is 0 Å². The number of amides is 1. The normalized spacial score (nSPS) is 14.4. The predicted molar refractivity (Wildman–Crippen MR) is 94.5 cm³/mol. The molecule has 1 aliphatic carbocycles. The standard InChI is InChI=1S/C19H25N3O3/c1-4-9-22(12-16-20-8-10-21(16)3)18(23)17-13(2)11-15(25-19(17)24)14-6-5-7-14/h8,10-11,14H,4-7,9,12H2,1-3H3. The molecule has 2 aromatic heterocycles. The fraction of sp³-hybridized carbons (Fsp3) is 0.526. The van der Waals surface area contributed by atoms with Crippen LogP contribution in [0.3, 0.4) is 0 Å². The number of rotatable bonds is 6. The second-order valence-electron chi connectivity index (χ2n) is 6.80. The summed E-state index contributed by atoms with van der Waals surface area (Å²) in [6.07, 6.45) is 7.63. The van der Waals surface area contributed by atoms with Crippen LogP contribution in [0.5, 0.6) is 0 Å². The van der Waals surface area contributed by atoms with Gasteiger partial charge in [0.05, 0.1) is 6.54 Å². The van der Waals surface area contributed by atoms with Gasteiger partial charge in [-0.25, -0.2) is 9.78 Å². The number of aromatic nitrogens is 2. The highest BCUT2D eigenvalue weighted by molar-refractivity contribution is 5.95. The van der Waals surface area contributed by atoms with Gasteiger partial charge in [-0.05, 0) is 37.8 Å². The molecule has 0 radical (unpaired) electrons. The number of carbonyl (C=O) groups excluding carboxylic acids is 1. The molecule has 0 bridgehead atoms. The van der Waals surface area contributed by atoms with Crippen molar-refractivity contribution < 1.29 is 9.21 Å². The lowest BCUT2D eigenvalue weighted by molar-refractivity contribution is 0.0731. The molecule has 3 rings (SSSR count). The lowest BCUT2D eigenvalue weighted by Crippen LogP contribution is -2.36. The molecular weight excluding hydrogens is 318 g/mol. The smallest absolute Gasteiger partial charge is 0.349 e. The van der Waals surface area contributed by atoms with E-state index in [2.05, 4.69) is 4.98 Å². The largest absolute Gasteiger partial charge is 0.427 e. The summed E-state index contributed by atoms with van der Waals surface area (Å²) in [5.41, 5.74) is 0.322. The van der Waals surface area contributed by atoms with Gasteiger partial charge in [0, 0.05) is 31.9 Å². The fourth-order valence-electron chi connectivity index (χ4n) is 3.18. The predicted octanol–water partition coefficient (Wildman–Crippen LogP) is 3.00. The van der Waals surface area contributed by atoms with E-state index in [-0.39, 0.29) is 11.5 Å². The number of nitrogens with zero attached hydrogens (tertiary/aromatic N) is 3. The average Bonchev–Trinajstić information content (AvgIpc) is 2.89. The van der Waals surface area contributed by atoms with Crippen molar-refractivity contribution in [1.29, 1.82) is 0 Å². The number of aryl methyl sites for hydroxylation is 2. The van der Waals surface area contributed by atoms with Gasteiger partial charge >= 0.3 is 5.63 Å². The summed E-state index contributed by atoms with van der Waals surface area (Å²) in [4.78, 5) is 31.5. The third kappa shape index (κ3) is 3.52. The SMILES string of the molecule is CCCN(Cc1nccn1C)C(=O)c1c(C)cc(C2CCC2)oc1=O. The lowest BCUT2D eigenvalue weighted by Gasteiger charge is -2.25. The van der Waals surface area contributed by atoms with E-state index in [4.69, 9.17) is 4.42 Å². The molecule has 0 saturated heterocycles. The zero-order chi connectivity index (χ0) is 18.0. The second kappa shape index (κ2) is 7.25. The van der Waals surface area contributed by atoms with Gasteiger partial charge in [-0.15, -0.1) is 0 Å². The maximum Gasteiger partial charge on any atom is 0.349 e. The molecule has 2 heterocycles. The molecule has 6 nitrogen and oxygen atoms in total. The maximum absolute atomic E-state index is 13.0. The zero-order valence-electron chi connectivity index (χ0n) is 15.1. The molecule has 0 aromatic carbocycles. The van der Waals surface area contributed by atoms with Gasteiger partial charge in [-0.3, -0.25) is 4.79 Å². The molecule has 1 aliphatic rings. The molecule has 134 valence electrons. The van der Waals surface area contributed by atoms with Crippen molar-refractivity contribution in [3.05, 3.63) is 51.6 Å². The van der Waals surface area contributed by atoms with Crippen molar-refractivity contribution in [2.45, 2.75) is 52.0 Å². The third-order valence-corrected chi connectivity index (χ3v) is 4.92. The summed E-state index contributed by atoms with van der Waals surface area (Å²) in [6.45, 7) is 4.76. The van der Waals surface area contributed by atoms with E-state index in [9.17, 15) is 9.59 Å². The van der Waals surface area contributed by atoms with Crippen molar-refractivity contribution in [3.63, 3.8) is 0 Å². The maximum atomic E-state index is 13.0. The van der Waals surface area contributed by atoms with Gasteiger partial charge in [-0.2, -0.15) is 0 Å². The van der Waals surface area contributed by atoms with E-state index >= 15 is 0 Å². The van der Waals surface area contributed by atoms with Crippen LogP contribution in [0.1, 0.15) is 66.0 Å². The van der Waals surface area contributed by atoms with Crippen LogP contribution in [0.2, 0.25) is 0 Å². The van der Waals surface area contributed by atoms with Gasteiger partial charge in [0.2, 0.25) is 0 Å². The van der Waals surface area contributed by atoms with Crippen molar-refractivity contribution >= 4 is 5.91 Å². The first-order valence-corrected chi connectivity index (χ1v) is 8.91. The summed E-state index contributed by atoms with van der Waals surface area (Å²) in [7, 11) is 1.89. The van der Waals surface area contributed by atoms with Crippen molar-refractivity contribution in [2.75, 3.05) is 6.54 Å². The van der Waals surface area contributed by atoms with E-state index in [0.717, 1.165) is 30.8 Å². The first kappa shape index (κ1) is 17.5. The molecule has 0 spiro atoms. The van der Waals surface area contributed by atoms with Crippen LogP contribution in [0.25, 0.3) is 0 Å². The quantitative estimate of drug-likeness (QED) is 0.808. The topological polar surface area (TPSA) is 68.3 Å². The molecule has 1 fully saturated rings. The minimum atomic E-state index is -0.521. The third-order valence-electron chi connectivity index (χ3n) is 4.92. The van der Waals surface area contributed by atoms with Crippen LogP contribution >= 0.6 is 0 Å². The highest BCUT2D eigenvalue weighted by Crippen LogP contribution is 2.36. The molecule has 1 amide bonds. The summed E-state index contributed by atoms with van der Waals surface area (Å²) >= 11 is 0. The van der Waals surface area contributed by atoms with Crippen LogP contribution in [-0.4, -0.2) is 26.9 Å². The van der Waals surface area contributed by atoms with E-state index in [1.54, 1.807) is 11.1 Å². The summed E-state index contributed by atoms with van der Waals surface area (Å²) in [6, 6.07) is 1.86. The van der Waals surface area contributed by atoms with E-state index < -0.39 is 5.63 Å². The van der Waals surface area contributed by atoms with Crippen molar-refractivity contribution in [2.24, 2.45) is 7.05 Å². The Hall–Kier alpha value is -2.37. The Bertz CT molecular complexity index is 818. The Morgan fingerprint density at radius 3 is 2.72 bits per heavy atom. The van der Waals surface area contributed by atoms with Gasteiger partial charge in [0.15, 0.2) is 0 Å². The molecule has 0 atom stereocenters. The number of imidazole rings is 1. The number of hydrogen-bond donors (Lipinski definition) is 0. The molecule has 1 saturated carbocycles. The van der Waals surface area contributed by atoms with Crippen LogP contribution in [0, 0.1) is 6.92 Å². The molecule has 0 unspecified atom stereocenters. The Morgan fingerprint density at radius 2 is 2.20 bits per heavy atom. The van der Waals surface area contributed by atoms with E-state index in [0.29, 0.717) is 24.6 Å². The monoisotopic (exact) mass is 343 g/mol. The first-order valence-electron chi connectivity index (χ1n) is 8.91. The first-order chi connectivity index (χ1) is 12.0. The Kier molecular flexibility index (Phi) is 5.06. The van der Waals surface area contributed by atoms with Crippen LogP contribution in [0.15, 0.2) is 27.7 Å². The summed E-state index contributed by atoms with van der Waals surface area (Å²) in [5, 5.41) is 0. The molecule has 0 N–H and O–H groups in total.